The molecule has 0 aromatic carbocycles. The number of carbonyl (C=O) groups excluding carboxylic acids is 2. The second kappa shape index (κ2) is 7.02. The minimum Gasteiger partial charge on any atom is -0.459 e. The van der Waals surface area contributed by atoms with Gasteiger partial charge in [0, 0.05) is 17.5 Å². The van der Waals surface area contributed by atoms with E-state index in [0.29, 0.717) is 12.3 Å². The van der Waals surface area contributed by atoms with Gasteiger partial charge in [-0.1, -0.05) is 0 Å². The van der Waals surface area contributed by atoms with Crippen LogP contribution in [-0.2, 0) is 14.3 Å². The Morgan fingerprint density at radius 3 is 2.82 bits per heavy atom. The maximum atomic E-state index is 12.3. The highest BCUT2D eigenvalue weighted by molar-refractivity contribution is 7.99. The Morgan fingerprint density at radius 2 is 2.23 bits per heavy atom. The molecule has 22 heavy (non-hydrogen) atoms. The first-order valence-electron chi connectivity index (χ1n) is 7.16. The molecule has 1 aromatic heterocycles. The predicted molar refractivity (Wildman–Crippen MR) is 89.9 cm³/mol. The highest BCUT2D eigenvalue weighted by Gasteiger charge is 2.32. The van der Waals surface area contributed by atoms with E-state index >= 15 is 0 Å². The van der Waals surface area contributed by atoms with Crippen LogP contribution >= 0.6 is 23.1 Å². The maximum Gasteiger partial charge on any atom is 0.326 e. The van der Waals surface area contributed by atoms with Gasteiger partial charge < -0.3 is 15.4 Å². The molecule has 1 saturated heterocycles. The summed E-state index contributed by atoms with van der Waals surface area (Å²) in [4.78, 5) is 25.9. The second-order valence-electron chi connectivity index (χ2n) is 6.29. The van der Waals surface area contributed by atoms with E-state index in [4.69, 9.17) is 10.5 Å². The molecule has 0 saturated carbocycles. The number of carbonyl (C=O) groups is 2. The van der Waals surface area contributed by atoms with E-state index in [9.17, 15) is 9.59 Å². The molecule has 1 aromatic rings. The quantitative estimate of drug-likeness (QED) is 0.851. The van der Waals surface area contributed by atoms with Crippen molar-refractivity contribution in [3.05, 3.63) is 22.4 Å². The molecule has 0 aliphatic carbocycles. The largest absolute Gasteiger partial charge is 0.459 e. The minimum absolute atomic E-state index is 0.0506. The number of rotatable bonds is 3. The molecule has 2 rings (SSSR count). The number of ether oxygens (including phenoxy) is 1. The van der Waals surface area contributed by atoms with Crippen molar-refractivity contribution in [3.63, 3.8) is 0 Å². The molecule has 5 nitrogen and oxygen atoms in total. The van der Waals surface area contributed by atoms with Crippen LogP contribution < -0.4 is 5.73 Å². The van der Waals surface area contributed by atoms with Crippen molar-refractivity contribution in [2.45, 2.75) is 37.7 Å². The van der Waals surface area contributed by atoms with E-state index in [1.54, 1.807) is 23.1 Å². The third-order valence-corrected chi connectivity index (χ3v) is 5.22. The van der Waals surface area contributed by atoms with Gasteiger partial charge in [-0.05, 0) is 43.2 Å². The van der Waals surface area contributed by atoms with Crippen LogP contribution in [0, 0.1) is 0 Å². The standard InChI is InChI=1S/C15H22N2O3S2/c1-15(2,3)20-13(18)7-17-6-12(10-4-5-21-8-10)22-9-11(16)14(17)19/h4-5,8,11-12H,6-7,9,16H2,1-3H3. The Morgan fingerprint density at radius 1 is 1.50 bits per heavy atom. The third kappa shape index (κ3) is 4.72. The zero-order valence-corrected chi connectivity index (χ0v) is 14.7. The number of esters is 1. The Balaban J connectivity index is 2.08. The van der Waals surface area contributed by atoms with Crippen LogP contribution in [0.15, 0.2) is 16.8 Å². The van der Waals surface area contributed by atoms with E-state index in [1.807, 2.05) is 26.2 Å². The fourth-order valence-corrected chi connectivity index (χ4v) is 4.21. The fourth-order valence-electron chi connectivity index (χ4n) is 2.20. The number of nitrogens with two attached hydrogens (primary N) is 1. The zero-order chi connectivity index (χ0) is 16.3. The van der Waals surface area contributed by atoms with Crippen LogP contribution in [0.25, 0.3) is 0 Å². The summed E-state index contributed by atoms with van der Waals surface area (Å²) in [6.45, 7) is 5.86. The van der Waals surface area contributed by atoms with Gasteiger partial charge in [0.05, 0.1) is 6.04 Å². The Bertz CT molecular complexity index is 525. The summed E-state index contributed by atoms with van der Waals surface area (Å²) >= 11 is 3.29. The van der Waals surface area contributed by atoms with Crippen molar-refractivity contribution in [1.82, 2.24) is 4.90 Å². The van der Waals surface area contributed by atoms with Gasteiger partial charge in [0.25, 0.3) is 0 Å². The molecule has 2 heterocycles. The molecule has 2 unspecified atom stereocenters. The van der Waals surface area contributed by atoms with Crippen molar-refractivity contribution in [1.29, 1.82) is 0 Å². The highest BCUT2D eigenvalue weighted by Crippen LogP contribution is 2.33. The topological polar surface area (TPSA) is 72.6 Å². The molecule has 7 heteroatoms. The molecular weight excluding hydrogens is 320 g/mol. The highest BCUT2D eigenvalue weighted by atomic mass is 32.2. The van der Waals surface area contributed by atoms with Crippen LogP contribution in [0.2, 0.25) is 0 Å². The van der Waals surface area contributed by atoms with Gasteiger partial charge in [-0.15, -0.1) is 11.8 Å². The lowest BCUT2D eigenvalue weighted by molar-refractivity contribution is -0.159. The van der Waals surface area contributed by atoms with Crippen molar-refractivity contribution >= 4 is 35.0 Å². The van der Waals surface area contributed by atoms with Crippen LogP contribution in [0.3, 0.4) is 0 Å². The number of hydrogen-bond donors (Lipinski definition) is 1. The number of thiophene rings is 1. The molecule has 122 valence electrons. The van der Waals surface area contributed by atoms with E-state index in [0.717, 1.165) is 0 Å². The van der Waals surface area contributed by atoms with Gasteiger partial charge in [0.2, 0.25) is 5.91 Å². The molecular formula is C15H22N2O3S2. The number of amides is 1. The third-order valence-electron chi connectivity index (χ3n) is 3.15. The predicted octanol–water partition coefficient (Wildman–Crippen LogP) is 2.03. The first-order valence-corrected chi connectivity index (χ1v) is 9.15. The van der Waals surface area contributed by atoms with Crippen molar-refractivity contribution in [3.8, 4) is 0 Å². The monoisotopic (exact) mass is 342 g/mol. The lowest BCUT2D eigenvalue weighted by atomic mass is 10.2. The van der Waals surface area contributed by atoms with E-state index < -0.39 is 17.6 Å². The molecule has 1 fully saturated rings. The van der Waals surface area contributed by atoms with Crippen LogP contribution in [0.4, 0.5) is 0 Å². The minimum atomic E-state index is -0.573. The summed E-state index contributed by atoms with van der Waals surface area (Å²) in [6.07, 6.45) is 0. The van der Waals surface area contributed by atoms with Gasteiger partial charge >= 0.3 is 5.97 Å². The number of nitrogens with zero attached hydrogens (tertiary/aromatic N) is 1. The van der Waals surface area contributed by atoms with Crippen LogP contribution in [0.1, 0.15) is 31.6 Å². The van der Waals surface area contributed by atoms with E-state index in [-0.39, 0.29) is 17.7 Å². The number of hydrogen-bond acceptors (Lipinski definition) is 6. The summed E-state index contributed by atoms with van der Waals surface area (Å²) in [6, 6.07) is 1.48. The van der Waals surface area contributed by atoms with E-state index in [2.05, 4.69) is 11.4 Å². The molecule has 0 radical (unpaired) electrons. The Kier molecular flexibility index (Phi) is 5.52. The van der Waals surface area contributed by atoms with Crippen LogP contribution in [-0.4, -0.2) is 47.3 Å². The lowest BCUT2D eigenvalue weighted by Crippen LogP contribution is -2.47. The van der Waals surface area contributed by atoms with Crippen molar-refractivity contribution < 1.29 is 14.3 Å². The summed E-state index contributed by atoms with van der Waals surface area (Å²) < 4.78 is 5.31. The molecule has 1 aliphatic heterocycles. The van der Waals surface area contributed by atoms with E-state index in [1.165, 1.54) is 10.5 Å². The SMILES string of the molecule is CC(C)(C)OC(=O)CN1CC(c2ccsc2)SCC(N)C1=O. The normalized spacial score (nSPS) is 23.3. The molecule has 0 spiro atoms. The van der Waals surface area contributed by atoms with Crippen molar-refractivity contribution in [2.24, 2.45) is 5.73 Å². The van der Waals surface area contributed by atoms with Gasteiger partial charge in [-0.3, -0.25) is 9.59 Å². The van der Waals surface area contributed by atoms with Gasteiger partial charge in [0.15, 0.2) is 0 Å². The average Bonchev–Trinajstić information content (AvgIpc) is 2.88. The first-order chi connectivity index (χ1) is 10.3. The molecule has 2 N–H and O–H groups in total. The van der Waals surface area contributed by atoms with Gasteiger partial charge in [0.1, 0.15) is 12.1 Å². The second-order valence-corrected chi connectivity index (χ2v) is 8.31. The summed E-state index contributed by atoms with van der Waals surface area (Å²) in [5, 5.41) is 4.23. The number of thioether (sulfide) groups is 1. The summed E-state index contributed by atoms with van der Waals surface area (Å²) in [7, 11) is 0. The maximum absolute atomic E-state index is 12.3. The van der Waals surface area contributed by atoms with Crippen molar-refractivity contribution in [2.75, 3.05) is 18.8 Å². The zero-order valence-electron chi connectivity index (χ0n) is 13.1. The summed E-state index contributed by atoms with van der Waals surface area (Å²) in [5.74, 6) is -0.0235. The van der Waals surface area contributed by atoms with Gasteiger partial charge in [-0.25, -0.2) is 0 Å². The molecule has 2 atom stereocenters. The smallest absolute Gasteiger partial charge is 0.326 e. The summed E-state index contributed by atoms with van der Waals surface area (Å²) in [5.41, 5.74) is 6.54. The Labute approximate surface area is 139 Å². The van der Waals surface area contributed by atoms with Gasteiger partial charge in [-0.2, -0.15) is 11.3 Å². The lowest BCUT2D eigenvalue weighted by Gasteiger charge is -2.26. The fraction of sp³-hybridized carbons (Fsp3) is 0.600. The van der Waals surface area contributed by atoms with Crippen LogP contribution in [0.5, 0.6) is 0 Å². The Hall–Kier alpha value is -1.05. The molecule has 1 amide bonds. The first kappa shape index (κ1) is 17.3. The molecule has 1 aliphatic rings. The average molecular weight is 342 g/mol. The molecule has 0 bridgehead atoms.